The number of benzene rings is 4. The van der Waals surface area contributed by atoms with Gasteiger partial charge in [0.2, 0.25) is 13.6 Å². The van der Waals surface area contributed by atoms with Crippen molar-refractivity contribution in [2.24, 2.45) is 21.1 Å². The number of hydrogen-bond donors (Lipinski definition) is 0. The Morgan fingerprint density at radius 3 is 1.60 bits per heavy atom. The molecule has 48 heavy (non-hydrogen) atoms. The number of nitriles is 1. The van der Waals surface area contributed by atoms with Crippen molar-refractivity contribution in [2.45, 2.75) is 53.9 Å². The standard InChI is InChI=1S/C39H41N3O6/c1-6-28-10-16-32(17-11-28)41-42-33-18-22-35(23-19-33)45-26-47-36(43)38(3,4)25-39(5,7-2)37(44)48-27-46-34-20-14-31(15-21-34)30-12-8-29(24-40)9-13-30/h8-23H,6-7,25-27H2,1-5H3/b42-41+. The van der Waals surface area contributed by atoms with Gasteiger partial charge >= 0.3 is 11.9 Å². The van der Waals surface area contributed by atoms with Crippen molar-refractivity contribution in [2.75, 3.05) is 13.6 Å². The van der Waals surface area contributed by atoms with Crippen LogP contribution in [0.1, 0.15) is 58.6 Å². The Morgan fingerprint density at radius 2 is 1.12 bits per heavy atom. The molecule has 0 radical (unpaired) electrons. The number of esters is 2. The minimum absolute atomic E-state index is 0.203. The second-order valence-electron chi connectivity index (χ2n) is 12.3. The highest BCUT2D eigenvalue weighted by Crippen LogP contribution is 2.38. The fourth-order valence-corrected chi connectivity index (χ4v) is 5.06. The van der Waals surface area contributed by atoms with Gasteiger partial charge in [0, 0.05) is 0 Å². The number of ether oxygens (including phenoxy) is 4. The van der Waals surface area contributed by atoms with Crippen molar-refractivity contribution in [1.29, 1.82) is 5.26 Å². The highest BCUT2D eigenvalue weighted by Gasteiger charge is 2.43. The van der Waals surface area contributed by atoms with Gasteiger partial charge in [-0.15, -0.1) is 0 Å². The quantitative estimate of drug-likeness (QED) is 0.0716. The van der Waals surface area contributed by atoms with Crippen LogP contribution in [0.25, 0.3) is 11.1 Å². The summed E-state index contributed by atoms with van der Waals surface area (Å²) in [6.45, 7) is 8.67. The van der Waals surface area contributed by atoms with E-state index >= 15 is 0 Å². The van der Waals surface area contributed by atoms with E-state index in [-0.39, 0.29) is 20.0 Å². The Hall–Kier alpha value is -5.49. The molecule has 0 aromatic heterocycles. The van der Waals surface area contributed by atoms with E-state index in [1.807, 2.05) is 55.5 Å². The Bertz CT molecular complexity index is 1730. The molecule has 0 aliphatic carbocycles. The van der Waals surface area contributed by atoms with Crippen molar-refractivity contribution >= 4 is 23.3 Å². The van der Waals surface area contributed by atoms with Crippen LogP contribution in [-0.2, 0) is 25.5 Å². The molecule has 0 aliphatic heterocycles. The van der Waals surface area contributed by atoms with E-state index in [4.69, 9.17) is 24.2 Å². The van der Waals surface area contributed by atoms with Gasteiger partial charge in [-0.3, -0.25) is 9.59 Å². The van der Waals surface area contributed by atoms with Crippen LogP contribution in [0, 0.1) is 22.2 Å². The average molecular weight is 648 g/mol. The largest absolute Gasteiger partial charge is 0.457 e. The summed E-state index contributed by atoms with van der Waals surface area (Å²) in [5.41, 5.74) is 3.26. The molecule has 0 amide bonds. The van der Waals surface area contributed by atoms with Gasteiger partial charge in [0.05, 0.1) is 33.8 Å². The van der Waals surface area contributed by atoms with E-state index < -0.39 is 22.8 Å². The lowest BCUT2D eigenvalue weighted by atomic mass is 9.72. The zero-order valence-corrected chi connectivity index (χ0v) is 28.1. The topological polar surface area (TPSA) is 120 Å². The van der Waals surface area contributed by atoms with Gasteiger partial charge in [0.1, 0.15) is 11.5 Å². The predicted octanol–water partition coefficient (Wildman–Crippen LogP) is 9.49. The van der Waals surface area contributed by atoms with Gasteiger partial charge in [0.25, 0.3) is 0 Å². The lowest BCUT2D eigenvalue weighted by Gasteiger charge is -2.33. The molecule has 9 heteroatoms. The summed E-state index contributed by atoms with van der Waals surface area (Å²) in [4.78, 5) is 26.2. The molecular weight excluding hydrogens is 606 g/mol. The number of azo groups is 1. The minimum atomic E-state index is -0.991. The van der Waals surface area contributed by atoms with Gasteiger partial charge in [-0.2, -0.15) is 15.5 Å². The van der Waals surface area contributed by atoms with Crippen molar-refractivity contribution in [3.63, 3.8) is 0 Å². The Balaban J connectivity index is 1.22. The molecule has 0 fully saturated rings. The summed E-state index contributed by atoms with van der Waals surface area (Å²) in [6, 6.07) is 31.7. The molecular formula is C39H41N3O6. The van der Waals surface area contributed by atoms with E-state index in [1.54, 1.807) is 69.3 Å². The second-order valence-corrected chi connectivity index (χ2v) is 12.3. The normalized spacial score (nSPS) is 12.5. The van der Waals surface area contributed by atoms with Gasteiger partial charge < -0.3 is 18.9 Å². The Morgan fingerprint density at radius 1 is 0.667 bits per heavy atom. The van der Waals surface area contributed by atoms with Crippen molar-refractivity contribution < 1.29 is 28.5 Å². The molecule has 1 atom stereocenters. The summed E-state index contributed by atoms with van der Waals surface area (Å²) in [5.74, 6) is 0.0938. The van der Waals surface area contributed by atoms with Crippen LogP contribution in [0.5, 0.6) is 11.5 Å². The molecule has 4 aromatic rings. The van der Waals surface area contributed by atoms with E-state index in [1.165, 1.54) is 5.56 Å². The zero-order chi connectivity index (χ0) is 34.6. The summed E-state index contributed by atoms with van der Waals surface area (Å²) in [6.07, 6.45) is 1.62. The Labute approximate surface area is 282 Å². The van der Waals surface area contributed by atoms with Crippen LogP contribution in [0.4, 0.5) is 11.4 Å². The number of carbonyl (C=O) groups is 2. The van der Waals surface area contributed by atoms with Crippen LogP contribution >= 0.6 is 0 Å². The van der Waals surface area contributed by atoms with Crippen LogP contribution in [0.2, 0.25) is 0 Å². The summed E-state index contributed by atoms with van der Waals surface area (Å²) < 4.78 is 22.2. The van der Waals surface area contributed by atoms with Crippen molar-refractivity contribution in [3.05, 3.63) is 108 Å². The SMILES string of the molecule is CCc1ccc(/N=N/c2ccc(OCOC(=O)C(C)(C)CC(C)(CC)C(=O)OCOc3ccc(-c4ccc(C#N)cc4)cc3)cc2)cc1. The fourth-order valence-electron chi connectivity index (χ4n) is 5.06. The molecule has 0 aliphatic rings. The predicted molar refractivity (Wildman–Crippen MR) is 183 cm³/mol. The number of rotatable bonds is 15. The fraction of sp³-hybridized carbons (Fsp3) is 0.308. The molecule has 0 heterocycles. The van der Waals surface area contributed by atoms with E-state index in [0.29, 0.717) is 29.2 Å². The molecule has 0 saturated carbocycles. The first-order chi connectivity index (χ1) is 23.0. The average Bonchev–Trinajstić information content (AvgIpc) is 3.11. The molecule has 0 bridgehead atoms. The van der Waals surface area contributed by atoms with Gasteiger partial charge in [0.15, 0.2) is 0 Å². The third-order valence-electron chi connectivity index (χ3n) is 8.15. The van der Waals surface area contributed by atoms with E-state index in [0.717, 1.165) is 23.2 Å². The zero-order valence-electron chi connectivity index (χ0n) is 28.1. The molecule has 0 N–H and O–H groups in total. The summed E-state index contributed by atoms with van der Waals surface area (Å²) in [5, 5.41) is 17.5. The minimum Gasteiger partial charge on any atom is -0.457 e. The molecule has 0 saturated heterocycles. The maximum atomic E-state index is 13.1. The number of carbonyl (C=O) groups excluding carboxylic acids is 2. The van der Waals surface area contributed by atoms with E-state index in [9.17, 15) is 9.59 Å². The monoisotopic (exact) mass is 647 g/mol. The lowest BCUT2D eigenvalue weighted by molar-refractivity contribution is -0.170. The number of hydrogen-bond acceptors (Lipinski definition) is 9. The molecule has 248 valence electrons. The third-order valence-corrected chi connectivity index (χ3v) is 8.15. The Kier molecular flexibility index (Phi) is 12.1. The maximum Gasteiger partial charge on any atom is 0.314 e. The summed E-state index contributed by atoms with van der Waals surface area (Å²) >= 11 is 0. The molecule has 0 spiro atoms. The third kappa shape index (κ3) is 9.76. The number of aryl methyl sites for hydroxylation is 1. The molecule has 4 rings (SSSR count). The lowest BCUT2D eigenvalue weighted by Crippen LogP contribution is -2.39. The van der Waals surface area contributed by atoms with Crippen molar-refractivity contribution in [1.82, 2.24) is 0 Å². The first-order valence-corrected chi connectivity index (χ1v) is 15.9. The molecule has 9 nitrogen and oxygen atoms in total. The van der Waals surface area contributed by atoms with Crippen LogP contribution in [-0.4, -0.2) is 25.5 Å². The smallest absolute Gasteiger partial charge is 0.314 e. The maximum absolute atomic E-state index is 13.1. The van der Waals surface area contributed by atoms with Gasteiger partial charge in [-0.1, -0.05) is 50.2 Å². The molecule has 1 unspecified atom stereocenters. The first kappa shape index (κ1) is 35.4. The van der Waals surface area contributed by atoms with Crippen LogP contribution in [0.15, 0.2) is 107 Å². The van der Waals surface area contributed by atoms with Crippen LogP contribution in [0.3, 0.4) is 0 Å². The molecule has 4 aromatic carbocycles. The van der Waals surface area contributed by atoms with Gasteiger partial charge in [-0.05, 0) is 117 Å². The van der Waals surface area contributed by atoms with E-state index in [2.05, 4.69) is 23.2 Å². The second kappa shape index (κ2) is 16.4. The van der Waals surface area contributed by atoms with Crippen molar-refractivity contribution in [3.8, 4) is 28.7 Å². The van der Waals surface area contributed by atoms with Crippen LogP contribution < -0.4 is 9.47 Å². The highest BCUT2D eigenvalue weighted by molar-refractivity contribution is 5.80. The van der Waals surface area contributed by atoms with Gasteiger partial charge in [-0.25, -0.2) is 0 Å². The number of nitrogens with zero attached hydrogens (tertiary/aromatic N) is 3. The summed E-state index contributed by atoms with van der Waals surface area (Å²) in [7, 11) is 0. The first-order valence-electron chi connectivity index (χ1n) is 15.9. The highest BCUT2D eigenvalue weighted by atomic mass is 16.7.